The smallest absolute Gasteiger partial charge is 0.251 e. The van der Waals surface area contributed by atoms with Crippen molar-refractivity contribution in [2.45, 2.75) is 31.2 Å². The molecule has 0 radical (unpaired) electrons. The lowest BCUT2D eigenvalue weighted by atomic mass is 10.1. The second-order valence-corrected chi connectivity index (χ2v) is 9.43. The number of hydrogen-bond donors (Lipinski definition) is 2. The first-order valence-corrected chi connectivity index (χ1v) is 12.1. The van der Waals surface area contributed by atoms with E-state index in [0.29, 0.717) is 51.4 Å². The quantitative estimate of drug-likeness (QED) is 0.594. The van der Waals surface area contributed by atoms with Crippen LogP contribution in [0.25, 0.3) is 0 Å². The van der Waals surface area contributed by atoms with Crippen molar-refractivity contribution in [1.82, 2.24) is 14.9 Å². The fourth-order valence-electron chi connectivity index (χ4n) is 3.40. The molecule has 0 atom stereocenters. The Hall–Kier alpha value is -2.75. The third-order valence-electron chi connectivity index (χ3n) is 5.19. The van der Waals surface area contributed by atoms with Gasteiger partial charge in [-0.25, -0.2) is 8.42 Å². The van der Waals surface area contributed by atoms with E-state index in [4.69, 9.17) is 4.74 Å². The Morgan fingerprint density at radius 1 is 1.00 bits per heavy atom. The van der Waals surface area contributed by atoms with Crippen molar-refractivity contribution in [1.29, 1.82) is 0 Å². The molecule has 8 nitrogen and oxygen atoms in total. The van der Waals surface area contributed by atoms with Crippen LogP contribution in [0.3, 0.4) is 0 Å². The van der Waals surface area contributed by atoms with Gasteiger partial charge in [-0.1, -0.05) is 24.3 Å². The van der Waals surface area contributed by atoms with Crippen LogP contribution in [0.4, 0.5) is 0 Å². The highest BCUT2D eigenvalue weighted by Crippen LogP contribution is 2.18. The maximum atomic E-state index is 12.7. The predicted octanol–water partition coefficient (Wildman–Crippen LogP) is 1.71. The molecule has 0 unspecified atom stereocenters. The first-order chi connectivity index (χ1) is 15.4. The van der Waals surface area contributed by atoms with Crippen LogP contribution in [-0.4, -0.2) is 57.4 Å². The van der Waals surface area contributed by atoms with Crippen LogP contribution < -0.4 is 10.6 Å². The summed E-state index contributed by atoms with van der Waals surface area (Å²) in [6, 6.07) is 13.8. The van der Waals surface area contributed by atoms with E-state index >= 15 is 0 Å². The van der Waals surface area contributed by atoms with Gasteiger partial charge in [-0.3, -0.25) is 9.59 Å². The summed E-state index contributed by atoms with van der Waals surface area (Å²) in [7, 11) is -3.52. The maximum absolute atomic E-state index is 12.7. The van der Waals surface area contributed by atoms with E-state index in [1.54, 1.807) is 42.5 Å². The van der Waals surface area contributed by atoms with E-state index < -0.39 is 10.0 Å². The van der Waals surface area contributed by atoms with Gasteiger partial charge in [0.2, 0.25) is 15.9 Å². The molecule has 1 aliphatic rings. The number of rotatable bonds is 9. The van der Waals surface area contributed by atoms with Crippen LogP contribution in [0.5, 0.6) is 0 Å². The summed E-state index contributed by atoms with van der Waals surface area (Å²) in [5.74, 6) is -0.252. The first-order valence-electron chi connectivity index (χ1n) is 10.7. The number of nitrogens with zero attached hydrogens (tertiary/aromatic N) is 1. The molecule has 1 aliphatic heterocycles. The standard InChI is InChI=1S/C23H29N3O5S/c1-2-24-23(28)20-5-3-4-19(16-20)17-25-22(27)11-8-18-6-9-21(10-7-18)32(29,30)26-12-14-31-15-13-26/h3-7,9-10,16H,2,8,11-15,17H2,1H3,(H,24,28)(H,25,27). The highest BCUT2D eigenvalue weighted by Gasteiger charge is 2.26. The number of ether oxygens (including phenoxy) is 1. The van der Waals surface area contributed by atoms with E-state index in [0.717, 1.165) is 11.1 Å². The third kappa shape index (κ3) is 6.38. The molecule has 32 heavy (non-hydrogen) atoms. The Labute approximate surface area is 189 Å². The van der Waals surface area contributed by atoms with Gasteiger partial charge in [0.05, 0.1) is 18.1 Å². The van der Waals surface area contributed by atoms with Gasteiger partial charge in [0, 0.05) is 38.2 Å². The maximum Gasteiger partial charge on any atom is 0.251 e. The Kier molecular flexibility index (Phi) is 8.38. The molecule has 1 saturated heterocycles. The third-order valence-corrected chi connectivity index (χ3v) is 7.10. The van der Waals surface area contributed by atoms with Crippen molar-refractivity contribution in [3.8, 4) is 0 Å². The Bertz CT molecular complexity index is 1030. The summed E-state index contributed by atoms with van der Waals surface area (Å²) in [5, 5.41) is 5.61. The molecule has 9 heteroatoms. The topological polar surface area (TPSA) is 105 Å². The highest BCUT2D eigenvalue weighted by molar-refractivity contribution is 7.89. The molecule has 0 aromatic heterocycles. The van der Waals surface area contributed by atoms with Gasteiger partial charge in [-0.15, -0.1) is 0 Å². The number of aryl methyl sites for hydroxylation is 1. The number of benzene rings is 2. The van der Waals surface area contributed by atoms with Gasteiger partial charge in [0.1, 0.15) is 0 Å². The molecule has 2 amide bonds. The molecule has 172 valence electrons. The number of amides is 2. The minimum absolute atomic E-state index is 0.113. The number of morpholine rings is 1. The Morgan fingerprint density at radius 3 is 2.41 bits per heavy atom. The monoisotopic (exact) mass is 459 g/mol. The van der Waals surface area contributed by atoms with Crippen molar-refractivity contribution in [2.24, 2.45) is 0 Å². The molecule has 1 heterocycles. The summed E-state index contributed by atoms with van der Waals surface area (Å²) in [6.45, 7) is 4.28. The van der Waals surface area contributed by atoms with Gasteiger partial charge < -0.3 is 15.4 Å². The second kappa shape index (κ2) is 11.2. The SMILES string of the molecule is CCNC(=O)c1cccc(CNC(=O)CCc2ccc(S(=O)(=O)N3CCOCC3)cc2)c1. The lowest BCUT2D eigenvalue weighted by molar-refractivity contribution is -0.121. The van der Waals surface area contributed by atoms with Crippen molar-refractivity contribution < 1.29 is 22.7 Å². The van der Waals surface area contributed by atoms with E-state index in [1.165, 1.54) is 4.31 Å². The molecule has 0 bridgehead atoms. The number of hydrogen-bond acceptors (Lipinski definition) is 5. The number of carbonyl (C=O) groups is 2. The molecule has 3 rings (SSSR count). The van der Waals surface area contributed by atoms with Crippen LogP contribution in [-0.2, 0) is 32.5 Å². The fourth-order valence-corrected chi connectivity index (χ4v) is 4.80. The van der Waals surface area contributed by atoms with Crippen LogP contribution in [0.15, 0.2) is 53.4 Å². The van der Waals surface area contributed by atoms with Gasteiger partial charge in [-0.2, -0.15) is 4.31 Å². The van der Waals surface area contributed by atoms with Crippen molar-refractivity contribution in [2.75, 3.05) is 32.8 Å². The largest absolute Gasteiger partial charge is 0.379 e. The fraction of sp³-hybridized carbons (Fsp3) is 0.391. The van der Waals surface area contributed by atoms with Crippen LogP contribution in [0, 0.1) is 0 Å². The van der Waals surface area contributed by atoms with Crippen molar-refractivity contribution >= 4 is 21.8 Å². The number of sulfonamides is 1. The second-order valence-electron chi connectivity index (χ2n) is 7.50. The molecule has 2 aromatic rings. The molecule has 2 aromatic carbocycles. The number of nitrogens with one attached hydrogen (secondary N) is 2. The zero-order valence-corrected chi connectivity index (χ0v) is 19.0. The average molecular weight is 460 g/mol. The summed E-state index contributed by atoms with van der Waals surface area (Å²) >= 11 is 0. The van der Waals surface area contributed by atoms with E-state index in [1.807, 2.05) is 13.0 Å². The average Bonchev–Trinajstić information content (AvgIpc) is 2.82. The minimum atomic E-state index is -3.52. The van der Waals surface area contributed by atoms with Gasteiger partial charge in [-0.05, 0) is 48.7 Å². The number of carbonyl (C=O) groups excluding carboxylic acids is 2. The molecule has 1 fully saturated rings. The lowest BCUT2D eigenvalue weighted by Crippen LogP contribution is -2.40. The summed E-state index contributed by atoms with van der Waals surface area (Å²) in [5.41, 5.74) is 2.30. The van der Waals surface area contributed by atoms with E-state index in [2.05, 4.69) is 10.6 Å². The lowest BCUT2D eigenvalue weighted by Gasteiger charge is -2.26. The van der Waals surface area contributed by atoms with Crippen LogP contribution in [0.1, 0.15) is 34.8 Å². The van der Waals surface area contributed by atoms with Crippen molar-refractivity contribution in [3.63, 3.8) is 0 Å². The van der Waals surface area contributed by atoms with Crippen LogP contribution >= 0.6 is 0 Å². The molecular formula is C23H29N3O5S. The summed E-state index contributed by atoms with van der Waals surface area (Å²) in [6.07, 6.45) is 0.786. The van der Waals surface area contributed by atoms with Crippen LogP contribution in [0.2, 0.25) is 0 Å². The highest BCUT2D eigenvalue weighted by atomic mass is 32.2. The van der Waals surface area contributed by atoms with Gasteiger partial charge in [0.25, 0.3) is 5.91 Å². The molecule has 0 aliphatic carbocycles. The molecular weight excluding hydrogens is 430 g/mol. The summed E-state index contributed by atoms with van der Waals surface area (Å²) < 4.78 is 32.0. The minimum Gasteiger partial charge on any atom is -0.379 e. The predicted molar refractivity (Wildman–Crippen MR) is 121 cm³/mol. The molecule has 2 N–H and O–H groups in total. The Morgan fingerprint density at radius 2 is 1.72 bits per heavy atom. The molecule has 0 saturated carbocycles. The zero-order chi connectivity index (χ0) is 23.0. The normalized spacial score (nSPS) is 14.7. The van der Waals surface area contributed by atoms with Gasteiger partial charge >= 0.3 is 0 Å². The first kappa shape index (κ1) is 23.9. The summed E-state index contributed by atoms with van der Waals surface area (Å²) in [4.78, 5) is 24.4. The van der Waals surface area contributed by atoms with Crippen molar-refractivity contribution in [3.05, 3.63) is 65.2 Å². The Balaban J connectivity index is 1.49. The van der Waals surface area contributed by atoms with Gasteiger partial charge in [0.15, 0.2) is 0 Å². The van der Waals surface area contributed by atoms with E-state index in [9.17, 15) is 18.0 Å². The van der Waals surface area contributed by atoms with E-state index in [-0.39, 0.29) is 23.1 Å². The molecule has 0 spiro atoms. The zero-order valence-electron chi connectivity index (χ0n) is 18.2.